The number of esters is 1. The SMILES string of the molecule is C=CCOc1ccc(/C=C2\C(=O)N(c3ccc(Cl)c(Cl)c3)C(C)=C2C(=O)OC)cc1OC. The third-order valence-electron chi connectivity index (χ3n) is 4.81. The van der Waals surface area contributed by atoms with Crippen molar-refractivity contribution in [2.24, 2.45) is 0 Å². The number of benzene rings is 2. The van der Waals surface area contributed by atoms with Gasteiger partial charge in [0.15, 0.2) is 11.5 Å². The molecule has 0 saturated heterocycles. The molecule has 6 nitrogen and oxygen atoms in total. The molecule has 0 saturated carbocycles. The number of ether oxygens (including phenoxy) is 3. The average molecular weight is 474 g/mol. The second kappa shape index (κ2) is 9.94. The van der Waals surface area contributed by atoms with Gasteiger partial charge in [0.1, 0.15) is 6.61 Å². The van der Waals surface area contributed by atoms with Gasteiger partial charge in [0.2, 0.25) is 0 Å². The van der Waals surface area contributed by atoms with E-state index in [0.717, 1.165) is 0 Å². The molecule has 2 aromatic carbocycles. The normalized spacial score (nSPS) is 14.7. The van der Waals surface area contributed by atoms with Gasteiger partial charge in [-0.25, -0.2) is 4.79 Å². The van der Waals surface area contributed by atoms with Crippen molar-refractivity contribution in [3.8, 4) is 11.5 Å². The molecule has 1 heterocycles. The van der Waals surface area contributed by atoms with E-state index in [1.54, 1.807) is 55.5 Å². The summed E-state index contributed by atoms with van der Waals surface area (Å²) in [5.74, 6) is -0.00671. The minimum absolute atomic E-state index is 0.162. The molecule has 1 amide bonds. The Balaban J connectivity index is 2.09. The molecular weight excluding hydrogens is 453 g/mol. The van der Waals surface area contributed by atoms with Crippen LogP contribution in [0.25, 0.3) is 6.08 Å². The van der Waals surface area contributed by atoms with Crippen LogP contribution in [0.3, 0.4) is 0 Å². The summed E-state index contributed by atoms with van der Waals surface area (Å²) in [7, 11) is 2.78. The lowest BCUT2D eigenvalue weighted by Gasteiger charge is -2.18. The van der Waals surface area contributed by atoms with E-state index in [2.05, 4.69) is 6.58 Å². The van der Waals surface area contributed by atoms with Crippen LogP contribution >= 0.6 is 23.2 Å². The van der Waals surface area contributed by atoms with Crippen LogP contribution in [0.4, 0.5) is 5.69 Å². The number of carbonyl (C=O) groups excluding carboxylic acids is 2. The molecule has 0 aliphatic carbocycles. The van der Waals surface area contributed by atoms with Crippen LogP contribution in [0, 0.1) is 0 Å². The Kier molecular flexibility index (Phi) is 7.28. The van der Waals surface area contributed by atoms with Gasteiger partial charge in [-0.1, -0.05) is 41.9 Å². The van der Waals surface area contributed by atoms with Crippen molar-refractivity contribution in [3.05, 3.63) is 81.5 Å². The van der Waals surface area contributed by atoms with Crippen LogP contribution in [0.5, 0.6) is 11.5 Å². The molecule has 0 fully saturated rings. The van der Waals surface area contributed by atoms with Gasteiger partial charge in [0.25, 0.3) is 5.91 Å². The molecule has 0 N–H and O–H groups in total. The second-order valence-electron chi connectivity index (χ2n) is 6.76. The topological polar surface area (TPSA) is 65.1 Å². The van der Waals surface area contributed by atoms with Crippen molar-refractivity contribution in [1.29, 1.82) is 0 Å². The zero-order valence-electron chi connectivity index (χ0n) is 17.8. The van der Waals surface area contributed by atoms with E-state index in [1.807, 2.05) is 0 Å². The number of halogens is 2. The molecule has 0 aromatic heterocycles. The Hall–Kier alpha value is -3.22. The number of anilines is 1. The number of nitrogens with zero attached hydrogens (tertiary/aromatic N) is 1. The first-order chi connectivity index (χ1) is 15.3. The molecule has 0 bridgehead atoms. The molecular formula is C24H21Cl2NO5. The lowest BCUT2D eigenvalue weighted by atomic mass is 10.0. The van der Waals surface area contributed by atoms with Gasteiger partial charge in [-0.05, 0) is 48.9 Å². The maximum atomic E-state index is 13.4. The van der Waals surface area contributed by atoms with Crippen molar-refractivity contribution in [3.63, 3.8) is 0 Å². The number of amides is 1. The highest BCUT2D eigenvalue weighted by molar-refractivity contribution is 6.42. The maximum absolute atomic E-state index is 13.4. The Morgan fingerprint density at radius 3 is 2.47 bits per heavy atom. The quantitative estimate of drug-likeness (QED) is 0.304. The summed E-state index contributed by atoms with van der Waals surface area (Å²) in [5, 5.41) is 0.653. The second-order valence-corrected chi connectivity index (χ2v) is 7.57. The molecule has 1 aliphatic rings. The van der Waals surface area contributed by atoms with Crippen LogP contribution < -0.4 is 14.4 Å². The van der Waals surface area contributed by atoms with E-state index in [0.29, 0.717) is 45.1 Å². The van der Waals surface area contributed by atoms with Gasteiger partial charge < -0.3 is 14.2 Å². The smallest absolute Gasteiger partial charge is 0.340 e. The lowest BCUT2D eigenvalue weighted by molar-refractivity contribution is -0.136. The van der Waals surface area contributed by atoms with Crippen molar-refractivity contribution in [2.75, 3.05) is 25.7 Å². The number of methoxy groups -OCH3 is 2. The summed E-state index contributed by atoms with van der Waals surface area (Å²) >= 11 is 12.2. The van der Waals surface area contributed by atoms with Crippen molar-refractivity contribution >= 4 is 46.8 Å². The largest absolute Gasteiger partial charge is 0.493 e. The number of allylic oxidation sites excluding steroid dienone is 1. The van der Waals surface area contributed by atoms with E-state index in [9.17, 15) is 9.59 Å². The molecule has 2 aromatic rings. The standard InChI is InChI=1S/C24H21Cl2NO5/c1-5-10-32-20-9-6-15(12-21(20)30-3)11-17-22(24(29)31-4)14(2)27(23(17)28)16-7-8-18(25)19(26)13-16/h5-9,11-13H,1,10H2,2-4H3/b17-11-. The van der Waals surface area contributed by atoms with E-state index >= 15 is 0 Å². The fourth-order valence-corrected chi connectivity index (χ4v) is 3.62. The first kappa shape index (κ1) is 23.4. The Morgan fingerprint density at radius 1 is 1.09 bits per heavy atom. The molecule has 0 spiro atoms. The van der Waals surface area contributed by atoms with Gasteiger partial charge in [0.05, 0.1) is 41.1 Å². The van der Waals surface area contributed by atoms with Gasteiger partial charge in [0, 0.05) is 5.70 Å². The predicted octanol–water partition coefficient (Wildman–Crippen LogP) is 5.44. The van der Waals surface area contributed by atoms with Crippen molar-refractivity contribution < 1.29 is 23.8 Å². The summed E-state index contributed by atoms with van der Waals surface area (Å²) in [5.41, 5.74) is 1.89. The highest BCUT2D eigenvalue weighted by atomic mass is 35.5. The number of hydrogen-bond donors (Lipinski definition) is 0. The first-order valence-corrected chi connectivity index (χ1v) is 10.3. The molecule has 0 unspecified atom stereocenters. The van der Waals surface area contributed by atoms with Crippen LogP contribution in [-0.4, -0.2) is 32.7 Å². The lowest BCUT2D eigenvalue weighted by Crippen LogP contribution is -2.24. The molecule has 1 aliphatic heterocycles. The Bertz CT molecular complexity index is 1150. The van der Waals surface area contributed by atoms with Gasteiger partial charge in [-0.3, -0.25) is 9.69 Å². The van der Waals surface area contributed by atoms with Crippen LogP contribution in [0.15, 0.2) is 65.9 Å². The van der Waals surface area contributed by atoms with E-state index in [1.165, 1.54) is 19.1 Å². The van der Waals surface area contributed by atoms with Crippen molar-refractivity contribution in [1.82, 2.24) is 0 Å². The third kappa shape index (κ3) is 4.52. The van der Waals surface area contributed by atoms with Gasteiger partial charge >= 0.3 is 5.97 Å². The molecule has 3 rings (SSSR count). The van der Waals surface area contributed by atoms with E-state index < -0.39 is 11.9 Å². The summed E-state index contributed by atoms with van der Waals surface area (Å²) < 4.78 is 15.9. The molecule has 0 atom stereocenters. The Labute approximate surface area is 196 Å². The third-order valence-corrected chi connectivity index (χ3v) is 5.55. The monoisotopic (exact) mass is 473 g/mol. The zero-order chi connectivity index (χ0) is 23.4. The molecule has 166 valence electrons. The number of rotatable bonds is 7. The molecule has 0 radical (unpaired) electrons. The fourth-order valence-electron chi connectivity index (χ4n) is 3.32. The first-order valence-electron chi connectivity index (χ1n) is 9.54. The summed E-state index contributed by atoms with van der Waals surface area (Å²) in [6.45, 7) is 5.61. The average Bonchev–Trinajstić information content (AvgIpc) is 3.03. The highest BCUT2D eigenvalue weighted by Gasteiger charge is 2.38. The molecule has 8 heteroatoms. The van der Waals surface area contributed by atoms with E-state index in [-0.39, 0.29) is 11.1 Å². The summed E-state index contributed by atoms with van der Waals surface area (Å²) in [4.78, 5) is 27.3. The predicted molar refractivity (Wildman–Crippen MR) is 125 cm³/mol. The maximum Gasteiger partial charge on any atom is 0.340 e. The summed E-state index contributed by atoms with van der Waals surface area (Å²) in [6.07, 6.45) is 3.23. The van der Waals surface area contributed by atoms with Crippen LogP contribution in [0.1, 0.15) is 12.5 Å². The van der Waals surface area contributed by atoms with Gasteiger partial charge in [-0.2, -0.15) is 0 Å². The highest BCUT2D eigenvalue weighted by Crippen LogP contribution is 2.38. The van der Waals surface area contributed by atoms with Crippen LogP contribution in [-0.2, 0) is 14.3 Å². The molecule has 32 heavy (non-hydrogen) atoms. The fraction of sp³-hybridized carbons (Fsp3) is 0.167. The zero-order valence-corrected chi connectivity index (χ0v) is 19.3. The summed E-state index contributed by atoms with van der Waals surface area (Å²) in [6, 6.07) is 10.0. The minimum atomic E-state index is -0.623. The van der Waals surface area contributed by atoms with Crippen LogP contribution in [0.2, 0.25) is 10.0 Å². The minimum Gasteiger partial charge on any atom is -0.493 e. The van der Waals surface area contributed by atoms with Gasteiger partial charge in [-0.15, -0.1) is 0 Å². The van der Waals surface area contributed by atoms with E-state index in [4.69, 9.17) is 37.4 Å². The number of hydrogen-bond acceptors (Lipinski definition) is 5. The number of carbonyl (C=O) groups is 2. The van der Waals surface area contributed by atoms with Crippen molar-refractivity contribution in [2.45, 2.75) is 6.92 Å². The Morgan fingerprint density at radius 2 is 1.84 bits per heavy atom.